The van der Waals surface area contributed by atoms with E-state index in [0.717, 1.165) is 23.2 Å². The lowest BCUT2D eigenvalue weighted by molar-refractivity contribution is 0.0574. The molecule has 0 radical (unpaired) electrons. The Bertz CT molecular complexity index is 1020. The minimum absolute atomic E-state index is 0.0406. The molecule has 0 bridgehead atoms. The highest BCUT2D eigenvalue weighted by Gasteiger charge is 2.43. The van der Waals surface area contributed by atoms with Gasteiger partial charge >= 0.3 is 6.09 Å². The minimum atomic E-state index is -0.614. The second kappa shape index (κ2) is 8.00. The topological polar surface area (TPSA) is 80.7 Å². The Morgan fingerprint density at radius 1 is 1.29 bits per heavy atom. The van der Waals surface area contributed by atoms with Crippen LogP contribution in [0.1, 0.15) is 38.3 Å². The second-order valence-corrected chi connectivity index (χ2v) is 9.22. The molecule has 2 aliphatic rings. The lowest BCUT2D eigenvalue weighted by Crippen LogP contribution is -2.50. The third-order valence-corrected chi connectivity index (χ3v) is 5.49. The van der Waals surface area contributed by atoms with Gasteiger partial charge in [-0.25, -0.2) is 9.78 Å². The van der Waals surface area contributed by atoms with Crippen molar-refractivity contribution in [2.75, 3.05) is 22.9 Å². The minimum Gasteiger partial charge on any atom is -0.472 e. The molecule has 1 fully saturated rings. The molecule has 2 aromatic heterocycles. The van der Waals surface area contributed by atoms with Gasteiger partial charge in [-0.05, 0) is 38.8 Å². The Morgan fingerprint density at radius 2 is 2.06 bits per heavy atom. The third kappa shape index (κ3) is 4.44. The van der Waals surface area contributed by atoms with Crippen molar-refractivity contribution in [1.82, 2.24) is 15.2 Å². The first-order valence-electron chi connectivity index (χ1n) is 10.2. The first-order valence-corrected chi connectivity index (χ1v) is 10.6. The zero-order chi connectivity index (χ0) is 22.3. The molecule has 2 aliphatic heterocycles. The van der Waals surface area contributed by atoms with Crippen molar-refractivity contribution >= 4 is 35.3 Å². The average molecular weight is 444 g/mol. The Kier molecular flexibility index (Phi) is 5.51. The highest BCUT2D eigenvalue weighted by Crippen LogP contribution is 2.40. The van der Waals surface area contributed by atoms with E-state index in [1.54, 1.807) is 18.3 Å². The summed E-state index contributed by atoms with van der Waals surface area (Å²) >= 11 is 6.13. The molecule has 2 aromatic rings. The highest BCUT2D eigenvalue weighted by molar-refractivity contribution is 6.29. The van der Waals surface area contributed by atoms with Crippen LogP contribution in [0.4, 0.5) is 16.3 Å². The van der Waals surface area contributed by atoms with Crippen molar-refractivity contribution in [3.8, 4) is 5.88 Å². The number of pyridine rings is 1. The van der Waals surface area contributed by atoms with E-state index in [9.17, 15) is 4.79 Å². The van der Waals surface area contributed by atoms with E-state index in [-0.39, 0.29) is 17.3 Å². The van der Waals surface area contributed by atoms with E-state index in [1.807, 2.05) is 33.8 Å². The molecule has 1 amide bonds. The molecule has 31 heavy (non-hydrogen) atoms. The average Bonchev–Trinajstić information content (AvgIpc) is 3.08. The van der Waals surface area contributed by atoms with Crippen LogP contribution in [0.2, 0.25) is 5.15 Å². The highest BCUT2D eigenvalue weighted by atomic mass is 35.5. The third-order valence-electron chi connectivity index (χ3n) is 5.31. The molecule has 8 nitrogen and oxygen atoms in total. The first kappa shape index (κ1) is 21.4. The van der Waals surface area contributed by atoms with Crippen molar-refractivity contribution in [2.24, 2.45) is 0 Å². The number of anilines is 2. The number of nitrogens with zero attached hydrogens (tertiary/aromatic N) is 5. The molecule has 0 aromatic carbocycles. The maximum atomic E-state index is 12.9. The molecule has 1 saturated heterocycles. The summed E-state index contributed by atoms with van der Waals surface area (Å²) in [6.07, 6.45) is 3.71. The lowest BCUT2D eigenvalue weighted by Gasteiger charge is -2.38. The summed E-state index contributed by atoms with van der Waals surface area (Å²) in [5.74, 6) is 1.02. The molecule has 164 valence electrons. The zero-order valence-corrected chi connectivity index (χ0v) is 18.9. The van der Waals surface area contributed by atoms with Gasteiger partial charge in [0.25, 0.3) is 0 Å². The molecule has 0 aliphatic carbocycles. The smallest absolute Gasteiger partial charge is 0.416 e. The normalized spacial score (nSPS) is 20.2. The molecule has 0 unspecified atom stereocenters. The van der Waals surface area contributed by atoms with Gasteiger partial charge in [0.15, 0.2) is 11.0 Å². The number of ether oxygens (including phenoxy) is 2. The van der Waals surface area contributed by atoms with E-state index < -0.39 is 11.7 Å². The van der Waals surface area contributed by atoms with Crippen LogP contribution >= 0.6 is 11.6 Å². The van der Waals surface area contributed by atoms with Crippen molar-refractivity contribution in [1.29, 1.82) is 0 Å². The number of carbonyl (C=O) groups is 1. The number of amides is 1. The molecule has 2 atom stereocenters. The summed E-state index contributed by atoms with van der Waals surface area (Å²) in [6.45, 7) is 12.4. The van der Waals surface area contributed by atoms with Crippen LogP contribution in [0.15, 0.2) is 24.9 Å². The number of aromatic nitrogens is 3. The monoisotopic (exact) mass is 443 g/mol. The van der Waals surface area contributed by atoms with Crippen LogP contribution in [0.25, 0.3) is 6.08 Å². The quantitative estimate of drug-likeness (QED) is 0.701. The molecular formula is C22H26ClN5O3. The number of aryl methyl sites for hydroxylation is 1. The summed E-state index contributed by atoms with van der Waals surface area (Å²) < 4.78 is 11.8. The Balaban J connectivity index is 1.57. The van der Waals surface area contributed by atoms with Crippen LogP contribution in [0, 0.1) is 6.92 Å². The molecule has 4 rings (SSSR count). The fourth-order valence-corrected chi connectivity index (χ4v) is 4.09. The van der Waals surface area contributed by atoms with Gasteiger partial charge in [0.1, 0.15) is 11.7 Å². The number of hydrogen-bond donors (Lipinski definition) is 0. The largest absolute Gasteiger partial charge is 0.472 e. The zero-order valence-electron chi connectivity index (χ0n) is 18.1. The SMILES string of the molecule is C=Cc1cnc(O[C@@H]2C[C@@H]3CN(C(=O)OC(C)(C)C)c4nnc(Cl)cc4N3C2)cc1C. The molecule has 0 spiro atoms. The van der Waals surface area contributed by atoms with Gasteiger partial charge in [0.05, 0.1) is 24.8 Å². The summed E-state index contributed by atoms with van der Waals surface area (Å²) in [5, 5.41) is 8.40. The van der Waals surface area contributed by atoms with Gasteiger partial charge in [0, 0.05) is 24.8 Å². The van der Waals surface area contributed by atoms with Crippen LogP contribution in [-0.2, 0) is 4.74 Å². The molecule has 0 saturated carbocycles. The fraction of sp³-hybridized carbons (Fsp3) is 0.455. The van der Waals surface area contributed by atoms with Crippen LogP contribution in [0.3, 0.4) is 0 Å². The van der Waals surface area contributed by atoms with Crippen LogP contribution < -0.4 is 14.5 Å². The van der Waals surface area contributed by atoms with Crippen molar-refractivity contribution in [3.63, 3.8) is 0 Å². The van der Waals surface area contributed by atoms with Gasteiger partial charge in [-0.1, -0.05) is 24.3 Å². The number of fused-ring (bicyclic) bond motifs is 3. The lowest BCUT2D eigenvalue weighted by atomic mass is 10.1. The Labute approximate surface area is 186 Å². The predicted molar refractivity (Wildman–Crippen MR) is 120 cm³/mol. The van der Waals surface area contributed by atoms with Crippen molar-refractivity contribution in [3.05, 3.63) is 41.2 Å². The number of hydrogen-bond acceptors (Lipinski definition) is 7. The summed E-state index contributed by atoms with van der Waals surface area (Å²) in [4.78, 5) is 21.0. The molecule has 4 heterocycles. The Hall–Kier alpha value is -2.87. The van der Waals surface area contributed by atoms with Gasteiger partial charge < -0.3 is 14.4 Å². The first-order chi connectivity index (χ1) is 14.6. The van der Waals surface area contributed by atoms with E-state index in [2.05, 4.69) is 26.7 Å². The van der Waals surface area contributed by atoms with Gasteiger partial charge in [0.2, 0.25) is 5.88 Å². The fourth-order valence-electron chi connectivity index (χ4n) is 3.95. The van der Waals surface area contributed by atoms with Crippen molar-refractivity contribution in [2.45, 2.75) is 51.9 Å². The number of rotatable bonds is 3. The standard InChI is InChI=1S/C22H26ClN5O3/c1-6-14-10-24-19(7-13(14)2)30-16-8-15-11-28(21(29)31-22(3,4)5)20-17(27(15)12-16)9-18(23)25-26-20/h6-7,9-10,15-16H,1,8,11-12H2,2-5H3/t15-,16-/m1/s1. The van der Waals surface area contributed by atoms with Gasteiger partial charge in [-0.2, -0.15) is 0 Å². The van der Waals surface area contributed by atoms with E-state index in [4.69, 9.17) is 21.1 Å². The summed E-state index contributed by atoms with van der Waals surface area (Å²) in [5.41, 5.74) is 2.17. The van der Waals surface area contributed by atoms with Gasteiger partial charge in [-0.3, -0.25) is 4.90 Å². The molecular weight excluding hydrogens is 418 g/mol. The summed E-state index contributed by atoms with van der Waals surface area (Å²) in [7, 11) is 0. The number of halogens is 1. The van der Waals surface area contributed by atoms with Crippen molar-refractivity contribution < 1.29 is 14.3 Å². The van der Waals surface area contributed by atoms with Crippen LogP contribution in [-0.4, -0.2) is 52.1 Å². The van der Waals surface area contributed by atoms with E-state index in [1.165, 1.54) is 4.90 Å². The van der Waals surface area contributed by atoms with E-state index >= 15 is 0 Å². The van der Waals surface area contributed by atoms with E-state index in [0.29, 0.717) is 24.8 Å². The maximum absolute atomic E-state index is 12.9. The Morgan fingerprint density at radius 3 is 2.74 bits per heavy atom. The summed E-state index contributed by atoms with van der Waals surface area (Å²) in [6, 6.07) is 3.69. The van der Waals surface area contributed by atoms with Crippen LogP contribution in [0.5, 0.6) is 5.88 Å². The second-order valence-electron chi connectivity index (χ2n) is 8.83. The predicted octanol–water partition coefficient (Wildman–Crippen LogP) is 4.26. The molecule has 9 heteroatoms. The maximum Gasteiger partial charge on any atom is 0.416 e. The van der Waals surface area contributed by atoms with Gasteiger partial charge in [-0.15, -0.1) is 10.2 Å². The molecule has 0 N–H and O–H groups in total. The number of carbonyl (C=O) groups excluding carboxylic acids is 1.